The maximum Gasteiger partial charge on any atom is 0.321 e. The van der Waals surface area contributed by atoms with Gasteiger partial charge < -0.3 is 20.1 Å². The third-order valence-electron chi connectivity index (χ3n) is 6.29. The van der Waals surface area contributed by atoms with Gasteiger partial charge in [0.25, 0.3) is 5.91 Å². The Morgan fingerprint density at radius 3 is 2.38 bits per heavy atom. The summed E-state index contributed by atoms with van der Waals surface area (Å²) in [5, 5.41) is 5.92. The van der Waals surface area contributed by atoms with Crippen LogP contribution in [0.5, 0.6) is 0 Å². The minimum Gasteiger partial charge on any atom is -0.350 e. The van der Waals surface area contributed by atoms with E-state index in [0.717, 1.165) is 42.1 Å². The number of piperazine rings is 1. The number of aryl methyl sites for hydroxylation is 2. The van der Waals surface area contributed by atoms with E-state index in [1.807, 2.05) is 68.3 Å². The molecule has 1 aliphatic heterocycles. The summed E-state index contributed by atoms with van der Waals surface area (Å²) in [5.74, 6) is 0.866. The van der Waals surface area contributed by atoms with Crippen LogP contribution in [0.1, 0.15) is 42.5 Å². The van der Waals surface area contributed by atoms with E-state index in [9.17, 15) is 9.59 Å². The molecule has 3 amide bonds. The average molecular weight is 463 g/mol. The monoisotopic (exact) mass is 462 g/mol. The van der Waals surface area contributed by atoms with Crippen molar-refractivity contribution in [2.24, 2.45) is 7.05 Å². The number of nitrogens with one attached hydrogen (secondary N) is 2. The molecule has 8 nitrogen and oxygen atoms in total. The largest absolute Gasteiger partial charge is 0.350 e. The van der Waals surface area contributed by atoms with Gasteiger partial charge in [0.05, 0.1) is 17.6 Å². The third kappa shape index (κ3) is 5.39. The molecule has 2 N–H and O–H groups in total. The Morgan fingerprint density at radius 2 is 1.74 bits per heavy atom. The zero-order valence-electron chi connectivity index (χ0n) is 20.5. The van der Waals surface area contributed by atoms with Crippen molar-refractivity contribution >= 4 is 28.7 Å². The highest BCUT2D eigenvalue weighted by atomic mass is 16.2. The lowest BCUT2D eigenvalue weighted by Gasteiger charge is -2.34. The molecule has 34 heavy (non-hydrogen) atoms. The standard InChI is InChI=1S/C26H34N6O2/c1-5-19-6-9-21(10-7-19)28-26(34)32-14-12-31(13-15-32)17-24-29-22-16-20(25(33)27-18(2)3)8-11-23(22)30(24)4/h6-11,16,18H,5,12-15,17H2,1-4H3,(H,27,33)(H,28,34). The number of aromatic nitrogens is 2. The first-order valence-electron chi connectivity index (χ1n) is 12.0. The molecule has 2 heterocycles. The number of fused-ring (bicyclic) bond motifs is 1. The Morgan fingerprint density at radius 1 is 1.03 bits per heavy atom. The van der Waals surface area contributed by atoms with Gasteiger partial charge in [0.15, 0.2) is 0 Å². The lowest BCUT2D eigenvalue weighted by molar-refractivity contribution is 0.0943. The van der Waals surface area contributed by atoms with Crippen molar-refractivity contribution in [3.8, 4) is 0 Å². The Kier molecular flexibility index (Phi) is 7.17. The molecule has 180 valence electrons. The Balaban J connectivity index is 1.35. The predicted molar refractivity (Wildman–Crippen MR) is 135 cm³/mol. The Hall–Kier alpha value is -3.39. The molecule has 1 aromatic heterocycles. The first-order chi connectivity index (χ1) is 16.3. The molecule has 0 spiro atoms. The van der Waals surface area contributed by atoms with Gasteiger partial charge in [-0.25, -0.2) is 9.78 Å². The fourth-order valence-electron chi connectivity index (χ4n) is 4.21. The van der Waals surface area contributed by atoms with E-state index in [2.05, 4.69) is 27.0 Å². The Bertz CT molecular complexity index is 1160. The lowest BCUT2D eigenvalue weighted by atomic mass is 10.1. The first-order valence-corrected chi connectivity index (χ1v) is 12.0. The van der Waals surface area contributed by atoms with E-state index in [4.69, 9.17) is 4.98 Å². The van der Waals surface area contributed by atoms with Crippen molar-refractivity contribution in [3.05, 3.63) is 59.4 Å². The van der Waals surface area contributed by atoms with Gasteiger partial charge in [0.1, 0.15) is 5.82 Å². The van der Waals surface area contributed by atoms with E-state index in [-0.39, 0.29) is 18.0 Å². The van der Waals surface area contributed by atoms with E-state index in [0.29, 0.717) is 25.2 Å². The third-order valence-corrected chi connectivity index (χ3v) is 6.29. The van der Waals surface area contributed by atoms with Gasteiger partial charge in [-0.2, -0.15) is 0 Å². The molecule has 0 bridgehead atoms. The van der Waals surface area contributed by atoms with Crippen LogP contribution < -0.4 is 10.6 Å². The summed E-state index contributed by atoms with van der Waals surface area (Å²) in [6.45, 7) is 9.62. The fraction of sp³-hybridized carbons (Fsp3) is 0.423. The summed E-state index contributed by atoms with van der Waals surface area (Å²) in [6.07, 6.45) is 0.983. The number of amides is 3. The van der Waals surface area contributed by atoms with E-state index in [1.165, 1.54) is 5.56 Å². The normalized spacial score (nSPS) is 14.6. The maximum atomic E-state index is 12.7. The molecule has 8 heteroatoms. The quantitative estimate of drug-likeness (QED) is 0.586. The maximum absolute atomic E-state index is 12.7. The van der Waals surface area contributed by atoms with Gasteiger partial charge in [0, 0.05) is 50.5 Å². The molecule has 3 aromatic rings. The van der Waals surface area contributed by atoms with Crippen LogP contribution in [-0.2, 0) is 20.0 Å². The SMILES string of the molecule is CCc1ccc(NC(=O)N2CCN(Cc3nc4cc(C(=O)NC(C)C)ccc4n3C)CC2)cc1. The van der Waals surface area contributed by atoms with Crippen molar-refractivity contribution in [1.82, 2.24) is 24.7 Å². The number of benzene rings is 2. The van der Waals surface area contributed by atoms with Crippen LogP contribution in [0, 0.1) is 0 Å². The second kappa shape index (κ2) is 10.3. The number of carbonyl (C=O) groups is 2. The summed E-state index contributed by atoms with van der Waals surface area (Å²) in [5.41, 5.74) is 4.52. The van der Waals surface area contributed by atoms with Crippen molar-refractivity contribution in [3.63, 3.8) is 0 Å². The number of nitrogens with zero attached hydrogens (tertiary/aromatic N) is 4. The molecule has 1 saturated heterocycles. The molecule has 2 aromatic carbocycles. The molecule has 0 radical (unpaired) electrons. The molecule has 0 aliphatic carbocycles. The summed E-state index contributed by atoms with van der Waals surface area (Å²) < 4.78 is 2.08. The number of carbonyl (C=O) groups excluding carboxylic acids is 2. The van der Waals surface area contributed by atoms with Gasteiger partial charge in [0.2, 0.25) is 0 Å². The average Bonchev–Trinajstić information content (AvgIpc) is 3.14. The van der Waals surface area contributed by atoms with Crippen molar-refractivity contribution in [2.45, 2.75) is 39.8 Å². The first kappa shape index (κ1) is 23.8. The number of hydrogen-bond donors (Lipinski definition) is 2. The van der Waals surface area contributed by atoms with E-state index in [1.54, 1.807) is 0 Å². The number of urea groups is 1. The molecule has 0 saturated carbocycles. The molecule has 0 unspecified atom stereocenters. The minimum absolute atomic E-state index is 0.0566. The summed E-state index contributed by atoms with van der Waals surface area (Å²) in [4.78, 5) is 34.0. The molecule has 4 rings (SSSR count). The highest BCUT2D eigenvalue weighted by Gasteiger charge is 2.23. The van der Waals surface area contributed by atoms with Crippen LogP contribution in [0.2, 0.25) is 0 Å². The highest BCUT2D eigenvalue weighted by molar-refractivity contribution is 5.97. The van der Waals surface area contributed by atoms with Crippen molar-refractivity contribution < 1.29 is 9.59 Å². The van der Waals surface area contributed by atoms with Gasteiger partial charge in [-0.15, -0.1) is 0 Å². The number of rotatable bonds is 6. The molecule has 1 fully saturated rings. The summed E-state index contributed by atoms with van der Waals surface area (Å²) in [7, 11) is 2.01. The minimum atomic E-state index is -0.0835. The lowest BCUT2D eigenvalue weighted by Crippen LogP contribution is -2.49. The van der Waals surface area contributed by atoms with Crippen LogP contribution in [0.25, 0.3) is 11.0 Å². The van der Waals surface area contributed by atoms with E-state index >= 15 is 0 Å². The van der Waals surface area contributed by atoms with Gasteiger partial charge in [-0.1, -0.05) is 19.1 Å². The Labute approximate surface area is 200 Å². The molecular formula is C26H34N6O2. The smallest absolute Gasteiger partial charge is 0.321 e. The second-order valence-corrected chi connectivity index (χ2v) is 9.16. The molecule has 0 atom stereocenters. The number of hydrogen-bond acceptors (Lipinski definition) is 4. The van der Waals surface area contributed by atoms with Crippen LogP contribution in [-0.4, -0.2) is 63.5 Å². The summed E-state index contributed by atoms with van der Waals surface area (Å²) >= 11 is 0. The van der Waals surface area contributed by atoms with Crippen molar-refractivity contribution in [1.29, 1.82) is 0 Å². The zero-order chi connectivity index (χ0) is 24.2. The van der Waals surface area contributed by atoms with Gasteiger partial charge in [-0.05, 0) is 56.2 Å². The second-order valence-electron chi connectivity index (χ2n) is 9.16. The van der Waals surface area contributed by atoms with Crippen LogP contribution in [0.4, 0.5) is 10.5 Å². The van der Waals surface area contributed by atoms with Gasteiger partial charge in [-0.3, -0.25) is 9.69 Å². The number of imidazole rings is 1. The molecule has 1 aliphatic rings. The van der Waals surface area contributed by atoms with Crippen molar-refractivity contribution in [2.75, 3.05) is 31.5 Å². The van der Waals surface area contributed by atoms with Gasteiger partial charge >= 0.3 is 6.03 Å². The van der Waals surface area contributed by atoms with Crippen LogP contribution in [0.3, 0.4) is 0 Å². The van der Waals surface area contributed by atoms with Crippen LogP contribution in [0.15, 0.2) is 42.5 Å². The van der Waals surface area contributed by atoms with Crippen LogP contribution >= 0.6 is 0 Å². The topological polar surface area (TPSA) is 82.5 Å². The highest BCUT2D eigenvalue weighted by Crippen LogP contribution is 2.19. The fourth-order valence-corrected chi connectivity index (χ4v) is 4.21. The predicted octanol–water partition coefficient (Wildman–Crippen LogP) is 3.62. The zero-order valence-corrected chi connectivity index (χ0v) is 20.5. The van der Waals surface area contributed by atoms with E-state index < -0.39 is 0 Å². The number of anilines is 1. The summed E-state index contributed by atoms with van der Waals surface area (Å²) in [6, 6.07) is 13.7. The molecular weight excluding hydrogens is 428 g/mol.